The van der Waals surface area contributed by atoms with Crippen LogP contribution in [0.15, 0.2) is 78.9 Å². The minimum atomic E-state index is -0.718. The molecule has 0 aliphatic carbocycles. The van der Waals surface area contributed by atoms with Gasteiger partial charge in [0.05, 0.1) is 7.11 Å². The van der Waals surface area contributed by atoms with Crippen molar-refractivity contribution in [2.45, 2.75) is 19.4 Å². The number of hydrogen-bond acceptors (Lipinski definition) is 4. The van der Waals surface area contributed by atoms with Crippen molar-refractivity contribution in [2.24, 2.45) is 0 Å². The summed E-state index contributed by atoms with van der Waals surface area (Å²) < 4.78 is 10.9. The van der Waals surface area contributed by atoms with E-state index in [4.69, 9.17) is 9.47 Å². The summed E-state index contributed by atoms with van der Waals surface area (Å²) >= 11 is 0. The fourth-order valence-corrected chi connectivity index (χ4v) is 2.91. The number of carbonyl (C=O) groups excluding carboxylic acids is 2. The highest BCUT2D eigenvalue weighted by atomic mass is 16.5. The first kappa shape index (κ1) is 20.9. The van der Waals surface area contributed by atoms with Gasteiger partial charge in [-0.3, -0.25) is 9.59 Å². The van der Waals surface area contributed by atoms with E-state index < -0.39 is 11.8 Å². The van der Waals surface area contributed by atoms with E-state index in [-0.39, 0.29) is 6.04 Å². The van der Waals surface area contributed by atoms with Gasteiger partial charge >= 0.3 is 11.8 Å². The average molecular weight is 404 g/mol. The molecule has 0 fully saturated rings. The molecule has 0 saturated heterocycles. The molecule has 2 amide bonds. The predicted molar refractivity (Wildman–Crippen MR) is 116 cm³/mol. The Labute approximate surface area is 175 Å². The molecule has 30 heavy (non-hydrogen) atoms. The Morgan fingerprint density at radius 3 is 2.20 bits per heavy atom. The number of amides is 2. The Balaban J connectivity index is 1.50. The van der Waals surface area contributed by atoms with Crippen molar-refractivity contribution in [1.82, 2.24) is 5.32 Å². The molecule has 3 rings (SSSR count). The number of carbonyl (C=O) groups is 2. The van der Waals surface area contributed by atoms with Crippen molar-refractivity contribution < 1.29 is 19.1 Å². The molecule has 1 unspecified atom stereocenters. The van der Waals surface area contributed by atoms with Crippen LogP contribution in [0.2, 0.25) is 0 Å². The number of benzene rings is 3. The summed E-state index contributed by atoms with van der Waals surface area (Å²) in [6.45, 7) is 1.85. The number of para-hydroxylation sites is 1. The second kappa shape index (κ2) is 10.1. The fraction of sp³-hybridized carbons (Fsp3) is 0.167. The van der Waals surface area contributed by atoms with Gasteiger partial charge in [0.1, 0.15) is 17.2 Å². The number of methoxy groups -OCH3 is 1. The third-order valence-corrected chi connectivity index (χ3v) is 4.35. The molecule has 0 aliphatic heterocycles. The minimum absolute atomic E-state index is 0.211. The normalized spacial score (nSPS) is 11.3. The molecule has 6 heteroatoms. The van der Waals surface area contributed by atoms with Crippen LogP contribution in [0, 0.1) is 0 Å². The van der Waals surface area contributed by atoms with Crippen LogP contribution in [0.1, 0.15) is 12.5 Å². The van der Waals surface area contributed by atoms with Gasteiger partial charge in [-0.15, -0.1) is 0 Å². The van der Waals surface area contributed by atoms with E-state index in [9.17, 15) is 9.59 Å². The van der Waals surface area contributed by atoms with Crippen molar-refractivity contribution in [3.05, 3.63) is 84.4 Å². The fourth-order valence-electron chi connectivity index (χ4n) is 2.91. The zero-order valence-corrected chi connectivity index (χ0v) is 16.9. The van der Waals surface area contributed by atoms with Crippen LogP contribution < -0.4 is 20.1 Å². The maximum atomic E-state index is 12.2. The van der Waals surface area contributed by atoms with Gasteiger partial charge in [-0.2, -0.15) is 0 Å². The zero-order valence-electron chi connectivity index (χ0n) is 16.9. The van der Waals surface area contributed by atoms with Crippen LogP contribution in [0.3, 0.4) is 0 Å². The summed E-state index contributed by atoms with van der Waals surface area (Å²) in [7, 11) is 1.61. The second-order valence-electron chi connectivity index (χ2n) is 6.82. The summed E-state index contributed by atoms with van der Waals surface area (Å²) in [5.41, 5.74) is 1.52. The first-order valence-corrected chi connectivity index (χ1v) is 9.61. The van der Waals surface area contributed by atoms with E-state index in [2.05, 4.69) is 10.6 Å². The number of ether oxygens (including phenoxy) is 2. The molecule has 0 spiro atoms. The van der Waals surface area contributed by atoms with E-state index in [1.54, 1.807) is 31.4 Å². The van der Waals surface area contributed by atoms with E-state index in [0.717, 1.165) is 17.1 Å². The van der Waals surface area contributed by atoms with E-state index in [0.29, 0.717) is 17.9 Å². The van der Waals surface area contributed by atoms with Gasteiger partial charge in [0.25, 0.3) is 0 Å². The van der Waals surface area contributed by atoms with Crippen LogP contribution in [0.25, 0.3) is 0 Å². The first-order valence-electron chi connectivity index (χ1n) is 9.61. The SMILES string of the molecule is COc1cccc(CC(C)NC(=O)C(=O)Nc2ccc(Oc3ccccc3)cc2)c1. The van der Waals surface area contributed by atoms with Crippen LogP contribution in [0.5, 0.6) is 17.2 Å². The zero-order chi connectivity index (χ0) is 21.3. The van der Waals surface area contributed by atoms with Gasteiger partial charge in [0.15, 0.2) is 0 Å². The largest absolute Gasteiger partial charge is 0.497 e. The third-order valence-electron chi connectivity index (χ3n) is 4.35. The molecule has 0 aromatic heterocycles. The Hall–Kier alpha value is -3.80. The molecule has 0 bridgehead atoms. The average Bonchev–Trinajstić information content (AvgIpc) is 2.76. The lowest BCUT2D eigenvalue weighted by Crippen LogP contribution is -2.41. The quantitative estimate of drug-likeness (QED) is 0.580. The van der Waals surface area contributed by atoms with Gasteiger partial charge in [-0.05, 0) is 67.4 Å². The monoisotopic (exact) mass is 404 g/mol. The van der Waals surface area contributed by atoms with Crippen LogP contribution >= 0.6 is 0 Å². The van der Waals surface area contributed by atoms with Gasteiger partial charge in [0.2, 0.25) is 0 Å². The van der Waals surface area contributed by atoms with Gasteiger partial charge in [-0.25, -0.2) is 0 Å². The van der Waals surface area contributed by atoms with E-state index >= 15 is 0 Å². The lowest BCUT2D eigenvalue weighted by molar-refractivity contribution is -0.136. The number of anilines is 1. The molecule has 0 heterocycles. The van der Waals surface area contributed by atoms with Crippen molar-refractivity contribution in [1.29, 1.82) is 0 Å². The standard InChI is InChI=1S/C24H24N2O4/c1-17(15-18-7-6-10-22(16-18)29-2)25-23(27)24(28)26-19-11-13-21(14-12-19)30-20-8-4-3-5-9-20/h3-14,16-17H,15H2,1-2H3,(H,25,27)(H,26,28). The summed E-state index contributed by atoms with van der Waals surface area (Å²) in [6.07, 6.45) is 0.585. The molecule has 0 saturated carbocycles. The van der Waals surface area contributed by atoms with Gasteiger partial charge in [0, 0.05) is 11.7 Å². The number of hydrogen-bond donors (Lipinski definition) is 2. The van der Waals surface area contributed by atoms with Gasteiger partial charge in [-0.1, -0.05) is 30.3 Å². The topological polar surface area (TPSA) is 76.7 Å². The van der Waals surface area contributed by atoms with Crippen LogP contribution in [0.4, 0.5) is 5.69 Å². The van der Waals surface area contributed by atoms with Crippen molar-refractivity contribution >= 4 is 17.5 Å². The Morgan fingerprint density at radius 1 is 0.833 bits per heavy atom. The first-order chi connectivity index (χ1) is 14.5. The lowest BCUT2D eigenvalue weighted by Gasteiger charge is -2.14. The highest BCUT2D eigenvalue weighted by Gasteiger charge is 2.17. The van der Waals surface area contributed by atoms with Gasteiger partial charge < -0.3 is 20.1 Å². The highest BCUT2D eigenvalue weighted by Crippen LogP contribution is 2.22. The maximum Gasteiger partial charge on any atom is 0.313 e. The summed E-state index contributed by atoms with van der Waals surface area (Å²) in [5, 5.41) is 5.31. The maximum absolute atomic E-state index is 12.2. The molecular weight excluding hydrogens is 380 g/mol. The Morgan fingerprint density at radius 2 is 1.50 bits per heavy atom. The van der Waals surface area contributed by atoms with E-state index in [1.807, 2.05) is 61.5 Å². The van der Waals surface area contributed by atoms with Crippen molar-refractivity contribution in [3.8, 4) is 17.2 Å². The number of nitrogens with one attached hydrogen (secondary N) is 2. The Kier molecular flexibility index (Phi) is 7.05. The van der Waals surface area contributed by atoms with E-state index in [1.165, 1.54) is 0 Å². The molecule has 0 aliphatic rings. The molecule has 6 nitrogen and oxygen atoms in total. The highest BCUT2D eigenvalue weighted by molar-refractivity contribution is 6.39. The smallest absolute Gasteiger partial charge is 0.313 e. The minimum Gasteiger partial charge on any atom is -0.497 e. The number of rotatable bonds is 7. The van der Waals surface area contributed by atoms with Crippen molar-refractivity contribution in [3.63, 3.8) is 0 Å². The lowest BCUT2D eigenvalue weighted by atomic mass is 10.1. The summed E-state index contributed by atoms with van der Waals surface area (Å²) in [4.78, 5) is 24.4. The molecule has 0 radical (unpaired) electrons. The van der Waals surface area contributed by atoms with Crippen molar-refractivity contribution in [2.75, 3.05) is 12.4 Å². The van der Waals surface area contributed by atoms with Crippen LogP contribution in [-0.4, -0.2) is 25.0 Å². The molecule has 3 aromatic carbocycles. The van der Waals surface area contributed by atoms with Crippen LogP contribution in [-0.2, 0) is 16.0 Å². The molecule has 3 aromatic rings. The molecular formula is C24H24N2O4. The Bertz CT molecular complexity index is 988. The molecule has 1 atom stereocenters. The second-order valence-corrected chi connectivity index (χ2v) is 6.82. The predicted octanol–water partition coefficient (Wildman–Crippen LogP) is 4.17. The summed E-state index contributed by atoms with van der Waals surface area (Å²) in [5.74, 6) is 0.705. The third kappa shape index (κ3) is 6.10. The summed E-state index contributed by atoms with van der Waals surface area (Å²) in [6, 6.07) is 23.6. The molecule has 154 valence electrons. The molecule has 2 N–H and O–H groups in total.